The Morgan fingerprint density at radius 2 is 2.08 bits per heavy atom. The van der Waals surface area contributed by atoms with E-state index < -0.39 is 0 Å². The molecule has 7 heteroatoms. The maximum atomic E-state index is 12.4. The van der Waals surface area contributed by atoms with E-state index in [0.717, 1.165) is 32.1 Å². The van der Waals surface area contributed by atoms with Gasteiger partial charge in [0.15, 0.2) is 11.7 Å². The molecule has 0 spiro atoms. The summed E-state index contributed by atoms with van der Waals surface area (Å²) in [6.45, 7) is 8.75. The van der Waals surface area contributed by atoms with Gasteiger partial charge in [0, 0.05) is 45.2 Å². The van der Waals surface area contributed by atoms with Crippen LogP contribution in [0.4, 0.5) is 0 Å². The fraction of sp³-hybridized carbons (Fsp3) is 0.474. The van der Waals surface area contributed by atoms with E-state index >= 15 is 0 Å². The minimum absolute atomic E-state index is 0.0392. The lowest BCUT2D eigenvalue weighted by molar-refractivity contribution is 0.0657. The van der Waals surface area contributed by atoms with Crippen molar-refractivity contribution in [2.45, 2.75) is 19.8 Å². The Balaban J connectivity index is 1.57. The highest BCUT2D eigenvalue weighted by Crippen LogP contribution is 2.18. The van der Waals surface area contributed by atoms with Crippen LogP contribution in [-0.4, -0.2) is 60.9 Å². The van der Waals surface area contributed by atoms with Gasteiger partial charge >= 0.3 is 0 Å². The van der Waals surface area contributed by atoms with E-state index in [1.54, 1.807) is 23.5 Å². The molecule has 1 saturated heterocycles. The van der Waals surface area contributed by atoms with E-state index in [4.69, 9.17) is 9.41 Å². The van der Waals surface area contributed by atoms with Crippen LogP contribution in [0, 0.1) is 0 Å². The number of thiophene rings is 1. The number of rotatable bonds is 5. The molecular formula is C19H26N4O2S. The summed E-state index contributed by atoms with van der Waals surface area (Å²) in [5.74, 6) is 1.70. The van der Waals surface area contributed by atoms with Crippen molar-refractivity contribution in [2.24, 2.45) is 4.99 Å². The van der Waals surface area contributed by atoms with Crippen LogP contribution in [0.3, 0.4) is 0 Å². The predicted molar refractivity (Wildman–Crippen MR) is 105 cm³/mol. The first kappa shape index (κ1) is 18.5. The Kier molecular flexibility index (Phi) is 6.33. The molecule has 2 aromatic rings. The van der Waals surface area contributed by atoms with Crippen LogP contribution in [-0.2, 0) is 0 Å². The zero-order valence-corrected chi connectivity index (χ0v) is 16.2. The monoisotopic (exact) mass is 374 g/mol. The van der Waals surface area contributed by atoms with Gasteiger partial charge in [-0.1, -0.05) is 6.92 Å². The molecule has 1 unspecified atom stereocenters. The smallest absolute Gasteiger partial charge is 0.289 e. The zero-order chi connectivity index (χ0) is 18.4. The lowest BCUT2D eigenvalue weighted by atomic mass is 10.1. The molecule has 0 aliphatic carbocycles. The van der Waals surface area contributed by atoms with Gasteiger partial charge in [-0.05, 0) is 41.4 Å². The van der Waals surface area contributed by atoms with E-state index in [2.05, 4.69) is 40.9 Å². The summed E-state index contributed by atoms with van der Waals surface area (Å²) in [6, 6.07) is 5.62. The van der Waals surface area contributed by atoms with Crippen molar-refractivity contribution in [3.63, 3.8) is 0 Å². The van der Waals surface area contributed by atoms with Crippen molar-refractivity contribution < 1.29 is 9.21 Å². The Bertz CT molecular complexity index is 704. The molecule has 2 aromatic heterocycles. The second kappa shape index (κ2) is 8.89. The quantitative estimate of drug-likeness (QED) is 0.646. The molecule has 6 nitrogen and oxygen atoms in total. The lowest BCUT2D eigenvalue weighted by Gasteiger charge is -2.36. The van der Waals surface area contributed by atoms with Crippen molar-refractivity contribution >= 4 is 23.2 Å². The SMILES string of the molecule is CCNC(=NCC(C)c1ccsc1)N1CCN(C(=O)c2ccco2)CC1. The van der Waals surface area contributed by atoms with Gasteiger partial charge in [0.05, 0.1) is 6.26 Å². The Hall–Kier alpha value is -2.28. The fourth-order valence-corrected chi connectivity index (χ4v) is 3.77. The molecule has 0 saturated carbocycles. The maximum absolute atomic E-state index is 12.4. The van der Waals surface area contributed by atoms with Gasteiger partial charge in [-0.2, -0.15) is 11.3 Å². The van der Waals surface area contributed by atoms with Gasteiger partial charge in [-0.3, -0.25) is 9.79 Å². The molecule has 0 radical (unpaired) electrons. The molecule has 3 heterocycles. The molecule has 26 heavy (non-hydrogen) atoms. The minimum Gasteiger partial charge on any atom is -0.459 e. The number of nitrogens with one attached hydrogen (secondary N) is 1. The predicted octanol–water partition coefficient (Wildman–Crippen LogP) is 2.87. The van der Waals surface area contributed by atoms with Crippen molar-refractivity contribution in [3.05, 3.63) is 46.5 Å². The number of furan rings is 1. The Morgan fingerprint density at radius 1 is 1.31 bits per heavy atom. The number of piperazine rings is 1. The van der Waals surface area contributed by atoms with E-state index in [9.17, 15) is 4.79 Å². The zero-order valence-electron chi connectivity index (χ0n) is 15.4. The number of aliphatic imine (C=N–C) groups is 1. The molecule has 1 N–H and O–H groups in total. The van der Waals surface area contributed by atoms with E-state index in [1.807, 2.05) is 4.90 Å². The van der Waals surface area contributed by atoms with Crippen molar-refractivity contribution in [1.82, 2.24) is 15.1 Å². The van der Waals surface area contributed by atoms with E-state index in [1.165, 1.54) is 11.8 Å². The molecule has 0 aromatic carbocycles. The first-order valence-corrected chi connectivity index (χ1v) is 10.0. The van der Waals surface area contributed by atoms with Crippen molar-refractivity contribution in [3.8, 4) is 0 Å². The number of nitrogens with zero attached hydrogens (tertiary/aromatic N) is 3. The van der Waals surface area contributed by atoms with Gasteiger partial charge in [-0.25, -0.2) is 0 Å². The van der Waals surface area contributed by atoms with Crippen molar-refractivity contribution in [2.75, 3.05) is 39.3 Å². The first-order valence-electron chi connectivity index (χ1n) is 9.07. The molecule has 1 atom stereocenters. The van der Waals surface area contributed by atoms with Gasteiger partial charge in [0.25, 0.3) is 5.91 Å². The summed E-state index contributed by atoms with van der Waals surface area (Å²) in [7, 11) is 0. The largest absolute Gasteiger partial charge is 0.459 e. The summed E-state index contributed by atoms with van der Waals surface area (Å²) in [6.07, 6.45) is 1.54. The van der Waals surface area contributed by atoms with Crippen LogP contribution < -0.4 is 5.32 Å². The van der Waals surface area contributed by atoms with E-state index in [-0.39, 0.29) is 5.91 Å². The number of hydrogen-bond acceptors (Lipinski definition) is 4. The molecule has 1 amide bonds. The highest BCUT2D eigenvalue weighted by Gasteiger charge is 2.25. The van der Waals surface area contributed by atoms with Crippen LogP contribution in [0.25, 0.3) is 0 Å². The molecule has 1 fully saturated rings. The Morgan fingerprint density at radius 3 is 2.69 bits per heavy atom. The van der Waals surface area contributed by atoms with Gasteiger partial charge in [0.1, 0.15) is 0 Å². The third-order valence-corrected chi connectivity index (χ3v) is 5.26. The molecule has 1 aliphatic heterocycles. The normalized spacial score (nSPS) is 16.6. The number of amides is 1. The topological polar surface area (TPSA) is 61.1 Å². The number of guanidine groups is 1. The average Bonchev–Trinajstić information content (AvgIpc) is 3.38. The van der Waals surface area contributed by atoms with Crippen LogP contribution in [0.2, 0.25) is 0 Å². The highest BCUT2D eigenvalue weighted by molar-refractivity contribution is 7.07. The number of carbonyl (C=O) groups excluding carboxylic acids is 1. The summed E-state index contributed by atoms with van der Waals surface area (Å²) in [4.78, 5) is 21.3. The molecule has 140 valence electrons. The standard InChI is InChI=1S/C19H26N4O2S/c1-3-20-19(21-13-15(2)16-6-12-26-14-16)23-9-7-22(8-10-23)18(24)17-5-4-11-25-17/h4-6,11-12,14-15H,3,7-10,13H2,1-2H3,(H,20,21). The Labute approximate surface area is 158 Å². The van der Waals surface area contributed by atoms with Crippen LogP contribution in [0.1, 0.15) is 35.9 Å². The summed E-state index contributed by atoms with van der Waals surface area (Å²) >= 11 is 1.72. The highest BCUT2D eigenvalue weighted by atomic mass is 32.1. The van der Waals surface area contributed by atoms with Crippen LogP contribution in [0.5, 0.6) is 0 Å². The second-order valence-electron chi connectivity index (χ2n) is 6.41. The molecule has 1 aliphatic rings. The minimum atomic E-state index is -0.0392. The van der Waals surface area contributed by atoms with Gasteiger partial charge in [-0.15, -0.1) is 0 Å². The second-order valence-corrected chi connectivity index (χ2v) is 7.19. The third kappa shape index (κ3) is 4.46. The van der Waals surface area contributed by atoms with Gasteiger partial charge in [0.2, 0.25) is 0 Å². The van der Waals surface area contributed by atoms with Crippen molar-refractivity contribution in [1.29, 1.82) is 0 Å². The van der Waals surface area contributed by atoms with Crippen LogP contribution in [0.15, 0.2) is 44.6 Å². The van der Waals surface area contributed by atoms with E-state index in [0.29, 0.717) is 24.8 Å². The molecule has 0 bridgehead atoms. The first-order chi connectivity index (χ1) is 12.7. The lowest BCUT2D eigenvalue weighted by Crippen LogP contribution is -2.53. The number of carbonyl (C=O) groups is 1. The summed E-state index contributed by atoms with van der Waals surface area (Å²) < 4.78 is 5.22. The molecule has 3 rings (SSSR count). The summed E-state index contributed by atoms with van der Waals surface area (Å²) in [5.41, 5.74) is 1.34. The third-order valence-electron chi connectivity index (χ3n) is 4.56. The van der Waals surface area contributed by atoms with Gasteiger partial charge < -0.3 is 19.5 Å². The molecular weight excluding hydrogens is 348 g/mol. The van der Waals surface area contributed by atoms with Crippen LogP contribution >= 0.6 is 11.3 Å². The fourth-order valence-electron chi connectivity index (χ4n) is 2.99. The maximum Gasteiger partial charge on any atom is 0.289 e. The number of hydrogen-bond donors (Lipinski definition) is 1. The summed E-state index contributed by atoms with van der Waals surface area (Å²) in [5, 5.41) is 7.67. The average molecular weight is 375 g/mol.